The molecule has 3 N–H and O–H groups in total. The Balaban J connectivity index is 2.62. The van der Waals surface area contributed by atoms with Crippen molar-refractivity contribution in [2.24, 2.45) is 11.7 Å². The first kappa shape index (κ1) is 12.3. The fourth-order valence-electron chi connectivity index (χ4n) is 1.52. The molecule has 0 aromatic rings. The molecule has 1 aliphatic heterocycles. The van der Waals surface area contributed by atoms with Gasteiger partial charge in [-0.05, 0) is 13.0 Å². The minimum absolute atomic E-state index is 0.0992. The van der Waals surface area contributed by atoms with Gasteiger partial charge in [0, 0.05) is 11.7 Å². The molecule has 0 saturated carbocycles. The number of rotatable bonds is 4. The standard InChI is InChI=1S/C9H16N2O3S/c1-6(2-3-10)8(12)11-5-15-4-7(11)9(13)14/h6-7H,2-5,10H2,1H3,(H,13,14)/t6?,7-/m0/s1. The number of nitrogens with two attached hydrogens (primary N) is 1. The quantitative estimate of drug-likeness (QED) is 0.710. The van der Waals surface area contributed by atoms with E-state index < -0.39 is 12.0 Å². The number of carboxylic acids is 1. The van der Waals surface area contributed by atoms with E-state index in [0.717, 1.165) is 0 Å². The number of thioether (sulfide) groups is 1. The maximum absolute atomic E-state index is 11.8. The van der Waals surface area contributed by atoms with Crippen molar-refractivity contribution in [2.75, 3.05) is 18.2 Å². The van der Waals surface area contributed by atoms with Crippen molar-refractivity contribution >= 4 is 23.6 Å². The van der Waals surface area contributed by atoms with Gasteiger partial charge in [-0.25, -0.2) is 4.79 Å². The number of carbonyl (C=O) groups excluding carboxylic acids is 1. The van der Waals surface area contributed by atoms with Gasteiger partial charge in [0.2, 0.25) is 5.91 Å². The molecular formula is C9H16N2O3S. The van der Waals surface area contributed by atoms with Crippen LogP contribution < -0.4 is 5.73 Å². The average molecular weight is 232 g/mol. The molecule has 1 saturated heterocycles. The fraction of sp³-hybridized carbons (Fsp3) is 0.778. The maximum atomic E-state index is 11.8. The summed E-state index contributed by atoms with van der Waals surface area (Å²) in [5, 5.41) is 8.91. The predicted octanol–water partition coefficient (Wildman–Crippen LogP) is -0.0426. The van der Waals surface area contributed by atoms with Gasteiger partial charge in [-0.3, -0.25) is 4.79 Å². The van der Waals surface area contributed by atoms with E-state index in [9.17, 15) is 9.59 Å². The highest BCUT2D eigenvalue weighted by molar-refractivity contribution is 7.99. The highest BCUT2D eigenvalue weighted by atomic mass is 32.2. The van der Waals surface area contributed by atoms with Gasteiger partial charge in [0.1, 0.15) is 6.04 Å². The minimum Gasteiger partial charge on any atom is -0.480 e. The third-order valence-electron chi connectivity index (χ3n) is 2.47. The van der Waals surface area contributed by atoms with Crippen molar-refractivity contribution in [1.82, 2.24) is 4.90 Å². The number of amides is 1. The lowest BCUT2D eigenvalue weighted by Gasteiger charge is -2.23. The van der Waals surface area contributed by atoms with E-state index in [-0.39, 0.29) is 11.8 Å². The second kappa shape index (κ2) is 5.37. The van der Waals surface area contributed by atoms with E-state index in [0.29, 0.717) is 24.6 Å². The van der Waals surface area contributed by atoms with Gasteiger partial charge in [0.25, 0.3) is 0 Å². The van der Waals surface area contributed by atoms with E-state index in [2.05, 4.69) is 0 Å². The Morgan fingerprint density at radius 3 is 2.87 bits per heavy atom. The Labute approximate surface area is 93.0 Å². The summed E-state index contributed by atoms with van der Waals surface area (Å²) in [5.74, 6) is -0.247. The van der Waals surface area contributed by atoms with Gasteiger partial charge in [-0.1, -0.05) is 6.92 Å². The topological polar surface area (TPSA) is 83.6 Å². The van der Waals surface area contributed by atoms with Crippen LogP contribution in [0.2, 0.25) is 0 Å². The molecule has 6 heteroatoms. The number of hydrogen-bond donors (Lipinski definition) is 2. The Morgan fingerprint density at radius 1 is 1.67 bits per heavy atom. The maximum Gasteiger partial charge on any atom is 0.327 e. The molecule has 0 aliphatic carbocycles. The van der Waals surface area contributed by atoms with Crippen molar-refractivity contribution in [2.45, 2.75) is 19.4 Å². The lowest BCUT2D eigenvalue weighted by atomic mass is 10.1. The van der Waals surface area contributed by atoms with Crippen LogP contribution >= 0.6 is 11.8 Å². The van der Waals surface area contributed by atoms with Crippen LogP contribution in [-0.4, -0.2) is 46.1 Å². The molecule has 0 spiro atoms. The minimum atomic E-state index is -0.923. The predicted molar refractivity (Wildman–Crippen MR) is 58.4 cm³/mol. The van der Waals surface area contributed by atoms with Crippen LogP contribution in [0, 0.1) is 5.92 Å². The summed E-state index contributed by atoms with van der Waals surface area (Å²) < 4.78 is 0. The van der Waals surface area contributed by atoms with Crippen LogP contribution in [0.3, 0.4) is 0 Å². The molecule has 5 nitrogen and oxygen atoms in total. The van der Waals surface area contributed by atoms with Crippen LogP contribution in [0.1, 0.15) is 13.3 Å². The number of aliphatic carboxylic acids is 1. The summed E-state index contributed by atoms with van der Waals surface area (Å²) in [6.45, 7) is 2.24. The number of nitrogens with zero attached hydrogens (tertiary/aromatic N) is 1. The number of carbonyl (C=O) groups is 2. The highest BCUT2D eigenvalue weighted by Gasteiger charge is 2.35. The molecule has 1 amide bonds. The van der Waals surface area contributed by atoms with Crippen LogP contribution in [0.15, 0.2) is 0 Å². The van der Waals surface area contributed by atoms with Crippen molar-refractivity contribution in [1.29, 1.82) is 0 Å². The smallest absolute Gasteiger partial charge is 0.327 e. The van der Waals surface area contributed by atoms with Crippen LogP contribution in [0.4, 0.5) is 0 Å². The first-order valence-corrected chi connectivity index (χ1v) is 6.04. The van der Waals surface area contributed by atoms with Crippen LogP contribution in [0.25, 0.3) is 0 Å². The second-order valence-electron chi connectivity index (χ2n) is 3.64. The lowest BCUT2D eigenvalue weighted by Crippen LogP contribution is -2.44. The van der Waals surface area contributed by atoms with Gasteiger partial charge in [-0.2, -0.15) is 0 Å². The largest absolute Gasteiger partial charge is 0.480 e. The third kappa shape index (κ3) is 2.85. The third-order valence-corrected chi connectivity index (χ3v) is 3.48. The Kier molecular flexibility index (Phi) is 4.41. The van der Waals surface area contributed by atoms with Gasteiger partial charge in [-0.15, -0.1) is 11.8 Å². The molecule has 1 heterocycles. The molecule has 0 radical (unpaired) electrons. The SMILES string of the molecule is CC(CCN)C(=O)N1CSC[C@H]1C(=O)O. The zero-order valence-corrected chi connectivity index (χ0v) is 9.50. The van der Waals surface area contributed by atoms with Gasteiger partial charge < -0.3 is 15.7 Å². The number of carboxylic acid groups (broad SMARTS) is 1. The first-order chi connectivity index (χ1) is 7.07. The summed E-state index contributed by atoms with van der Waals surface area (Å²) in [6, 6.07) is -0.664. The van der Waals surface area contributed by atoms with Gasteiger partial charge in [0.05, 0.1) is 5.88 Å². The van der Waals surface area contributed by atoms with Gasteiger partial charge in [0.15, 0.2) is 0 Å². The zero-order valence-electron chi connectivity index (χ0n) is 8.68. The molecule has 0 aromatic heterocycles. The molecule has 15 heavy (non-hydrogen) atoms. The summed E-state index contributed by atoms with van der Waals surface area (Å²) in [4.78, 5) is 24.1. The molecular weight excluding hydrogens is 216 g/mol. The lowest BCUT2D eigenvalue weighted by molar-refractivity contribution is -0.149. The molecule has 2 atom stereocenters. The van der Waals surface area contributed by atoms with Crippen LogP contribution in [-0.2, 0) is 9.59 Å². The number of hydrogen-bond acceptors (Lipinski definition) is 4. The zero-order chi connectivity index (χ0) is 11.4. The summed E-state index contributed by atoms with van der Waals surface area (Å²) in [6.07, 6.45) is 0.604. The Morgan fingerprint density at radius 2 is 2.33 bits per heavy atom. The highest BCUT2D eigenvalue weighted by Crippen LogP contribution is 2.23. The fourth-order valence-corrected chi connectivity index (χ4v) is 2.68. The van der Waals surface area contributed by atoms with Crippen molar-refractivity contribution in [3.63, 3.8) is 0 Å². The van der Waals surface area contributed by atoms with E-state index >= 15 is 0 Å². The first-order valence-electron chi connectivity index (χ1n) is 4.89. The monoisotopic (exact) mass is 232 g/mol. The van der Waals surface area contributed by atoms with E-state index in [1.165, 1.54) is 16.7 Å². The molecule has 0 bridgehead atoms. The molecule has 86 valence electrons. The van der Waals surface area contributed by atoms with E-state index in [1.807, 2.05) is 0 Å². The van der Waals surface area contributed by atoms with Crippen molar-refractivity contribution < 1.29 is 14.7 Å². The average Bonchev–Trinajstić information content (AvgIpc) is 2.65. The molecule has 0 aromatic carbocycles. The van der Waals surface area contributed by atoms with Crippen LogP contribution in [0.5, 0.6) is 0 Å². The Bertz CT molecular complexity index is 260. The van der Waals surface area contributed by atoms with Gasteiger partial charge >= 0.3 is 5.97 Å². The van der Waals surface area contributed by atoms with E-state index in [1.54, 1.807) is 6.92 Å². The summed E-state index contributed by atoms with van der Waals surface area (Å²) in [7, 11) is 0. The van der Waals surface area contributed by atoms with Crippen molar-refractivity contribution in [3.05, 3.63) is 0 Å². The molecule has 1 aliphatic rings. The summed E-state index contributed by atoms with van der Waals surface area (Å²) >= 11 is 1.48. The second-order valence-corrected chi connectivity index (χ2v) is 4.64. The van der Waals surface area contributed by atoms with Crippen molar-refractivity contribution in [3.8, 4) is 0 Å². The molecule has 1 unspecified atom stereocenters. The Hall–Kier alpha value is -0.750. The summed E-state index contributed by atoms with van der Waals surface area (Å²) in [5.41, 5.74) is 5.37. The molecule has 1 fully saturated rings. The normalized spacial score (nSPS) is 22.8. The van der Waals surface area contributed by atoms with E-state index in [4.69, 9.17) is 10.8 Å². The molecule has 1 rings (SSSR count).